The molecule has 112 valence electrons. The van der Waals surface area contributed by atoms with E-state index in [1.807, 2.05) is 18.2 Å². The zero-order chi connectivity index (χ0) is 15.0. The van der Waals surface area contributed by atoms with Crippen LogP contribution in [0.15, 0.2) is 22.7 Å². The van der Waals surface area contributed by atoms with Crippen LogP contribution in [0.1, 0.15) is 38.7 Å². The van der Waals surface area contributed by atoms with Crippen LogP contribution in [0.25, 0.3) is 0 Å². The molecule has 0 aromatic heterocycles. The zero-order valence-corrected chi connectivity index (χ0v) is 13.7. The third kappa shape index (κ3) is 5.51. The molecule has 1 atom stereocenters. The Morgan fingerprint density at radius 3 is 2.85 bits per heavy atom. The molecule has 0 fully saturated rings. The van der Waals surface area contributed by atoms with Crippen LogP contribution < -0.4 is 15.8 Å². The van der Waals surface area contributed by atoms with Crippen molar-refractivity contribution < 1.29 is 9.53 Å². The molecule has 0 bridgehead atoms. The Morgan fingerprint density at radius 2 is 2.20 bits per heavy atom. The Morgan fingerprint density at radius 1 is 1.45 bits per heavy atom. The fourth-order valence-electron chi connectivity index (χ4n) is 1.80. The number of carbonyl (C=O) groups is 1. The number of hydrogen-bond donors (Lipinski definition) is 2. The molecule has 0 saturated carbocycles. The highest BCUT2D eigenvalue weighted by molar-refractivity contribution is 9.10. The first-order chi connectivity index (χ1) is 9.58. The van der Waals surface area contributed by atoms with Gasteiger partial charge in [-0.3, -0.25) is 4.79 Å². The summed E-state index contributed by atoms with van der Waals surface area (Å²) in [6.07, 6.45) is 2.74. The average Bonchev–Trinajstić information content (AvgIpc) is 2.45. The summed E-state index contributed by atoms with van der Waals surface area (Å²) in [5, 5.41) is 2.88. The van der Waals surface area contributed by atoms with Gasteiger partial charge >= 0.3 is 0 Å². The van der Waals surface area contributed by atoms with Crippen LogP contribution in [0.5, 0.6) is 5.75 Å². The van der Waals surface area contributed by atoms with E-state index < -0.39 is 6.10 Å². The minimum atomic E-state index is -0.525. The molecule has 0 heterocycles. The number of halogens is 1. The van der Waals surface area contributed by atoms with E-state index in [1.165, 1.54) is 0 Å². The van der Waals surface area contributed by atoms with Crippen molar-refractivity contribution in [3.63, 3.8) is 0 Å². The minimum absolute atomic E-state index is 0.0907. The molecule has 4 nitrogen and oxygen atoms in total. The SMILES string of the molecule is CCCCCNC(=O)C(C)Oc1ccc(Br)cc1CN. The van der Waals surface area contributed by atoms with Gasteiger partial charge in [-0.25, -0.2) is 0 Å². The number of amides is 1. The first-order valence-corrected chi connectivity index (χ1v) is 7.80. The highest BCUT2D eigenvalue weighted by Crippen LogP contribution is 2.23. The maximum atomic E-state index is 11.9. The fraction of sp³-hybridized carbons (Fsp3) is 0.533. The second-order valence-electron chi connectivity index (χ2n) is 4.71. The summed E-state index contributed by atoms with van der Waals surface area (Å²) in [6, 6.07) is 5.61. The van der Waals surface area contributed by atoms with Gasteiger partial charge in [-0.15, -0.1) is 0 Å². The smallest absolute Gasteiger partial charge is 0.260 e. The number of ether oxygens (including phenoxy) is 1. The van der Waals surface area contributed by atoms with Gasteiger partial charge in [0.25, 0.3) is 5.91 Å². The predicted molar refractivity (Wildman–Crippen MR) is 84.7 cm³/mol. The fourth-order valence-corrected chi connectivity index (χ4v) is 2.21. The number of nitrogens with two attached hydrogens (primary N) is 1. The Hall–Kier alpha value is -1.07. The van der Waals surface area contributed by atoms with Crippen molar-refractivity contribution in [3.05, 3.63) is 28.2 Å². The molecule has 0 aliphatic rings. The summed E-state index contributed by atoms with van der Waals surface area (Å²) >= 11 is 3.39. The second-order valence-corrected chi connectivity index (χ2v) is 5.63. The lowest BCUT2D eigenvalue weighted by molar-refractivity contribution is -0.127. The van der Waals surface area contributed by atoms with Gasteiger partial charge < -0.3 is 15.8 Å². The quantitative estimate of drug-likeness (QED) is 0.713. The molecule has 1 unspecified atom stereocenters. The number of hydrogen-bond acceptors (Lipinski definition) is 3. The molecule has 5 heteroatoms. The Kier molecular flexibility index (Phi) is 7.62. The maximum Gasteiger partial charge on any atom is 0.260 e. The monoisotopic (exact) mass is 342 g/mol. The van der Waals surface area contributed by atoms with Crippen molar-refractivity contribution in [3.8, 4) is 5.75 Å². The van der Waals surface area contributed by atoms with Crippen LogP contribution in [-0.2, 0) is 11.3 Å². The topological polar surface area (TPSA) is 64.3 Å². The molecule has 0 aliphatic heterocycles. The summed E-state index contributed by atoms with van der Waals surface area (Å²) < 4.78 is 6.64. The summed E-state index contributed by atoms with van der Waals surface area (Å²) in [4.78, 5) is 11.9. The standard InChI is InChI=1S/C15H23BrN2O2/c1-3-4-5-8-18-15(19)11(2)20-14-7-6-13(16)9-12(14)10-17/h6-7,9,11H,3-5,8,10,17H2,1-2H3,(H,18,19). The molecule has 1 amide bonds. The first kappa shape index (κ1) is 17.0. The van der Waals surface area contributed by atoms with E-state index in [0.717, 1.165) is 29.3 Å². The van der Waals surface area contributed by atoms with Crippen LogP contribution >= 0.6 is 15.9 Å². The van der Waals surface area contributed by atoms with E-state index in [0.29, 0.717) is 18.8 Å². The van der Waals surface area contributed by atoms with Crippen LogP contribution in [0.2, 0.25) is 0 Å². The lowest BCUT2D eigenvalue weighted by atomic mass is 10.2. The molecule has 1 aromatic carbocycles. The molecule has 0 spiro atoms. The van der Waals surface area contributed by atoms with E-state index in [2.05, 4.69) is 28.2 Å². The van der Waals surface area contributed by atoms with Gasteiger partial charge in [0.05, 0.1) is 0 Å². The van der Waals surface area contributed by atoms with Crippen LogP contribution in [0.3, 0.4) is 0 Å². The van der Waals surface area contributed by atoms with Gasteiger partial charge in [0.1, 0.15) is 5.75 Å². The number of benzene rings is 1. The van der Waals surface area contributed by atoms with Crippen molar-refractivity contribution in [2.24, 2.45) is 5.73 Å². The lowest BCUT2D eigenvalue weighted by Gasteiger charge is -2.17. The number of nitrogens with one attached hydrogen (secondary N) is 1. The van der Waals surface area contributed by atoms with Crippen molar-refractivity contribution in [2.75, 3.05) is 6.54 Å². The largest absolute Gasteiger partial charge is 0.481 e. The second kappa shape index (κ2) is 8.97. The third-order valence-corrected chi connectivity index (χ3v) is 3.49. The lowest BCUT2D eigenvalue weighted by Crippen LogP contribution is -2.37. The Balaban J connectivity index is 2.52. The molecule has 3 N–H and O–H groups in total. The van der Waals surface area contributed by atoms with Gasteiger partial charge in [0.2, 0.25) is 0 Å². The van der Waals surface area contributed by atoms with Crippen LogP contribution in [-0.4, -0.2) is 18.6 Å². The number of unbranched alkanes of at least 4 members (excludes halogenated alkanes) is 2. The molecule has 1 rings (SSSR count). The van der Waals surface area contributed by atoms with E-state index in [4.69, 9.17) is 10.5 Å². The van der Waals surface area contributed by atoms with Crippen molar-refractivity contribution in [1.29, 1.82) is 0 Å². The number of carbonyl (C=O) groups excluding carboxylic acids is 1. The summed E-state index contributed by atoms with van der Waals surface area (Å²) in [6.45, 7) is 4.96. The average molecular weight is 343 g/mol. The van der Waals surface area contributed by atoms with E-state index >= 15 is 0 Å². The van der Waals surface area contributed by atoms with Gasteiger partial charge in [-0.05, 0) is 31.5 Å². The molecule has 0 saturated heterocycles. The van der Waals surface area contributed by atoms with E-state index in [1.54, 1.807) is 6.92 Å². The van der Waals surface area contributed by atoms with Crippen LogP contribution in [0.4, 0.5) is 0 Å². The van der Waals surface area contributed by atoms with Gasteiger partial charge in [-0.2, -0.15) is 0 Å². The predicted octanol–water partition coefficient (Wildman–Crippen LogP) is 2.98. The van der Waals surface area contributed by atoms with Crippen LogP contribution in [0, 0.1) is 0 Å². The Labute approximate surface area is 129 Å². The molecule has 0 aliphatic carbocycles. The van der Waals surface area contributed by atoms with Crippen molar-refractivity contribution >= 4 is 21.8 Å². The van der Waals surface area contributed by atoms with Gasteiger partial charge in [-0.1, -0.05) is 35.7 Å². The molecule has 1 aromatic rings. The highest BCUT2D eigenvalue weighted by Gasteiger charge is 2.15. The first-order valence-electron chi connectivity index (χ1n) is 7.01. The Bertz CT molecular complexity index is 438. The maximum absolute atomic E-state index is 11.9. The molecule has 0 radical (unpaired) electrons. The highest BCUT2D eigenvalue weighted by atomic mass is 79.9. The summed E-state index contributed by atoms with van der Waals surface area (Å²) in [5.41, 5.74) is 6.56. The van der Waals surface area contributed by atoms with E-state index in [-0.39, 0.29) is 5.91 Å². The molecular formula is C15H23BrN2O2. The third-order valence-electron chi connectivity index (χ3n) is 2.99. The summed E-state index contributed by atoms with van der Waals surface area (Å²) in [7, 11) is 0. The molecular weight excluding hydrogens is 320 g/mol. The number of rotatable bonds is 8. The summed E-state index contributed by atoms with van der Waals surface area (Å²) in [5.74, 6) is 0.568. The molecule has 20 heavy (non-hydrogen) atoms. The van der Waals surface area contributed by atoms with E-state index in [9.17, 15) is 4.79 Å². The van der Waals surface area contributed by atoms with Crippen molar-refractivity contribution in [1.82, 2.24) is 5.32 Å². The van der Waals surface area contributed by atoms with Crippen molar-refractivity contribution in [2.45, 2.75) is 45.8 Å². The van der Waals surface area contributed by atoms with Gasteiger partial charge in [0, 0.05) is 23.1 Å². The van der Waals surface area contributed by atoms with Gasteiger partial charge in [0.15, 0.2) is 6.10 Å². The minimum Gasteiger partial charge on any atom is -0.481 e. The zero-order valence-electron chi connectivity index (χ0n) is 12.1. The normalized spacial score (nSPS) is 12.0.